The van der Waals surface area contributed by atoms with Gasteiger partial charge >= 0.3 is 6.09 Å². The van der Waals surface area contributed by atoms with E-state index in [0.29, 0.717) is 59.9 Å². The normalized spacial score (nSPS) is 17.8. The first-order valence-corrected chi connectivity index (χ1v) is 10.9. The van der Waals surface area contributed by atoms with Crippen molar-refractivity contribution >= 4 is 23.1 Å². The number of fused-ring (bicyclic) bond motifs is 1. The van der Waals surface area contributed by atoms with E-state index < -0.39 is 25.7 Å². The Bertz CT molecular complexity index is 1480. The average Bonchev–Trinajstić information content (AvgIpc) is 3.27. The summed E-state index contributed by atoms with van der Waals surface area (Å²) in [6.45, 7) is -3.73. The van der Waals surface area contributed by atoms with E-state index in [1.54, 1.807) is 35.5 Å². The van der Waals surface area contributed by atoms with E-state index in [4.69, 9.17) is 22.3 Å². The van der Waals surface area contributed by atoms with Crippen LogP contribution >= 0.6 is 0 Å². The van der Waals surface area contributed by atoms with E-state index in [9.17, 15) is 4.79 Å². The van der Waals surface area contributed by atoms with Gasteiger partial charge in [-0.25, -0.2) is 19.7 Å². The molecule has 0 atom stereocenters. The lowest BCUT2D eigenvalue weighted by atomic mass is 10.1. The molecule has 0 saturated carbocycles. The van der Waals surface area contributed by atoms with E-state index in [0.717, 1.165) is 5.69 Å². The fourth-order valence-corrected chi connectivity index (χ4v) is 4.08. The molecule has 0 bridgehead atoms. The number of benzene rings is 1. The summed E-state index contributed by atoms with van der Waals surface area (Å²) in [6.07, 6.45) is 2.58. The van der Waals surface area contributed by atoms with Gasteiger partial charge in [-0.15, -0.1) is 0 Å². The van der Waals surface area contributed by atoms with Crippen molar-refractivity contribution in [3.63, 3.8) is 0 Å². The van der Waals surface area contributed by atoms with Crippen molar-refractivity contribution in [2.45, 2.75) is 25.4 Å². The predicted octanol–water partition coefficient (Wildman–Crippen LogP) is 3.39. The number of imidazole rings is 1. The molecule has 3 aromatic heterocycles. The van der Waals surface area contributed by atoms with Gasteiger partial charge in [0.25, 0.3) is 0 Å². The SMILES string of the molecule is [2H]C([2H])([2H])NC(=O)OC1CCN(C([2H])([2H])c2ccc(-n3c(-c4cccnc4N)nc4cccnc43)cc2)CC1. The Hall–Kier alpha value is -3.98. The lowest BCUT2D eigenvalue weighted by Crippen LogP contribution is -2.38. The summed E-state index contributed by atoms with van der Waals surface area (Å²) in [5.41, 5.74) is 9.34. The van der Waals surface area contributed by atoms with E-state index in [-0.39, 0.29) is 0 Å². The number of amides is 1. The molecule has 1 amide bonds. The van der Waals surface area contributed by atoms with Crippen molar-refractivity contribution in [3.05, 3.63) is 66.5 Å². The number of likely N-dealkylation sites (tertiary alicyclic amines) is 1. The van der Waals surface area contributed by atoms with Crippen molar-refractivity contribution in [1.82, 2.24) is 29.7 Å². The third kappa shape index (κ3) is 4.42. The van der Waals surface area contributed by atoms with Crippen LogP contribution in [0.15, 0.2) is 60.9 Å². The lowest BCUT2D eigenvalue weighted by Gasteiger charge is -2.31. The number of anilines is 1. The third-order valence-electron chi connectivity index (χ3n) is 5.73. The Morgan fingerprint density at radius 1 is 1.18 bits per heavy atom. The predicted molar refractivity (Wildman–Crippen MR) is 130 cm³/mol. The molecule has 1 aliphatic rings. The molecule has 5 rings (SSSR count). The molecule has 1 saturated heterocycles. The topological polar surface area (TPSA) is 111 Å². The summed E-state index contributed by atoms with van der Waals surface area (Å²) in [5, 5.41) is 1.81. The van der Waals surface area contributed by atoms with Gasteiger partial charge < -0.3 is 15.8 Å². The first-order chi connectivity index (χ1) is 18.5. The lowest BCUT2D eigenvalue weighted by molar-refractivity contribution is 0.0498. The maximum Gasteiger partial charge on any atom is 0.407 e. The number of alkyl carbamates (subject to hydrolysis) is 1. The van der Waals surface area contributed by atoms with Crippen molar-refractivity contribution < 1.29 is 16.4 Å². The number of piperidine rings is 1. The second-order valence-electron chi connectivity index (χ2n) is 7.93. The Balaban J connectivity index is 1.36. The molecule has 34 heavy (non-hydrogen) atoms. The van der Waals surface area contributed by atoms with Crippen molar-refractivity contribution in [3.8, 4) is 17.1 Å². The zero-order chi connectivity index (χ0) is 27.8. The Morgan fingerprint density at radius 3 is 2.71 bits per heavy atom. The fourth-order valence-electron chi connectivity index (χ4n) is 4.08. The number of nitrogens with one attached hydrogen (secondary N) is 1. The molecule has 0 aliphatic carbocycles. The van der Waals surface area contributed by atoms with Crippen LogP contribution in [0.1, 0.15) is 25.3 Å². The Kier molecular flexibility index (Phi) is 4.63. The van der Waals surface area contributed by atoms with E-state index >= 15 is 0 Å². The number of hydrogen-bond donors (Lipinski definition) is 2. The summed E-state index contributed by atoms with van der Waals surface area (Å²) in [7, 11) is 0. The van der Waals surface area contributed by atoms with Crippen LogP contribution in [0, 0.1) is 0 Å². The highest BCUT2D eigenvalue weighted by Gasteiger charge is 2.22. The maximum atomic E-state index is 11.8. The van der Waals surface area contributed by atoms with Gasteiger partial charge in [0.05, 0.1) is 5.56 Å². The van der Waals surface area contributed by atoms with Crippen LogP contribution < -0.4 is 11.1 Å². The monoisotopic (exact) mass is 462 g/mol. The Labute approximate surface area is 204 Å². The van der Waals surface area contributed by atoms with Gasteiger partial charge in [0.15, 0.2) is 11.5 Å². The van der Waals surface area contributed by atoms with Gasteiger partial charge in [0.2, 0.25) is 0 Å². The highest BCUT2D eigenvalue weighted by Crippen LogP contribution is 2.30. The van der Waals surface area contributed by atoms with Gasteiger partial charge in [0.1, 0.15) is 17.4 Å². The number of aromatic nitrogens is 4. The van der Waals surface area contributed by atoms with E-state index in [1.165, 1.54) is 0 Å². The number of carbonyl (C=O) groups excluding carboxylic acids is 1. The molecular weight excluding hydrogens is 430 g/mol. The Morgan fingerprint density at radius 2 is 1.94 bits per heavy atom. The molecule has 4 heterocycles. The minimum Gasteiger partial charge on any atom is -0.446 e. The molecular formula is C25H27N7O2. The number of pyridine rings is 2. The van der Waals surface area contributed by atoms with E-state index in [2.05, 4.69) is 9.97 Å². The van der Waals surface area contributed by atoms with Crippen LogP contribution in [0.3, 0.4) is 0 Å². The average molecular weight is 463 g/mol. The molecule has 9 nitrogen and oxygen atoms in total. The van der Waals surface area contributed by atoms with Crippen LogP contribution in [0.5, 0.6) is 0 Å². The highest BCUT2D eigenvalue weighted by atomic mass is 16.6. The molecule has 3 N–H and O–H groups in total. The van der Waals surface area contributed by atoms with Crippen LogP contribution in [0.2, 0.25) is 0 Å². The van der Waals surface area contributed by atoms with Gasteiger partial charge in [-0.3, -0.25) is 9.47 Å². The van der Waals surface area contributed by atoms with Crippen molar-refractivity contribution in [2.75, 3.05) is 25.8 Å². The van der Waals surface area contributed by atoms with Crippen LogP contribution in [-0.4, -0.2) is 56.7 Å². The van der Waals surface area contributed by atoms with Crippen LogP contribution in [-0.2, 0) is 11.2 Å². The molecule has 1 fully saturated rings. The largest absolute Gasteiger partial charge is 0.446 e. The first kappa shape index (κ1) is 16.6. The van der Waals surface area contributed by atoms with Gasteiger partial charge in [-0.1, -0.05) is 12.1 Å². The number of hydrogen-bond acceptors (Lipinski definition) is 7. The van der Waals surface area contributed by atoms with Gasteiger partial charge in [0, 0.05) is 51.5 Å². The summed E-state index contributed by atoms with van der Waals surface area (Å²) in [5.74, 6) is 0.917. The summed E-state index contributed by atoms with van der Waals surface area (Å²) >= 11 is 0. The van der Waals surface area contributed by atoms with Crippen LogP contribution in [0.25, 0.3) is 28.2 Å². The fraction of sp³-hybridized carbons (Fsp3) is 0.280. The highest BCUT2D eigenvalue weighted by molar-refractivity contribution is 5.82. The van der Waals surface area contributed by atoms with Crippen LogP contribution in [0.4, 0.5) is 10.6 Å². The molecule has 174 valence electrons. The zero-order valence-electron chi connectivity index (χ0n) is 23.3. The first-order valence-electron chi connectivity index (χ1n) is 13.4. The summed E-state index contributed by atoms with van der Waals surface area (Å²) in [4.78, 5) is 26.9. The number of rotatable bonds is 5. The number of nitrogens with zero attached hydrogens (tertiary/aromatic N) is 5. The zero-order valence-corrected chi connectivity index (χ0v) is 18.3. The minimum absolute atomic E-state index is 0.334. The quantitative estimate of drug-likeness (QED) is 0.468. The number of ether oxygens (including phenoxy) is 1. The number of carbonyl (C=O) groups is 1. The van der Waals surface area contributed by atoms with Crippen molar-refractivity contribution in [1.29, 1.82) is 0 Å². The number of nitrogens with two attached hydrogens (primary N) is 1. The van der Waals surface area contributed by atoms with Gasteiger partial charge in [-0.05, 0) is 54.8 Å². The molecule has 0 radical (unpaired) electrons. The molecule has 9 heteroatoms. The second kappa shape index (κ2) is 9.48. The smallest absolute Gasteiger partial charge is 0.407 e. The molecule has 0 spiro atoms. The van der Waals surface area contributed by atoms with Gasteiger partial charge in [-0.2, -0.15) is 0 Å². The van der Waals surface area contributed by atoms with E-state index in [1.807, 2.05) is 40.2 Å². The second-order valence-corrected chi connectivity index (χ2v) is 7.93. The number of nitrogen functional groups attached to an aromatic ring is 1. The maximum absolute atomic E-state index is 11.8. The molecule has 0 unspecified atom stereocenters. The third-order valence-corrected chi connectivity index (χ3v) is 5.73. The molecule has 1 aromatic carbocycles. The molecule has 4 aromatic rings. The summed E-state index contributed by atoms with van der Waals surface area (Å²) < 4.78 is 46.0. The standard InChI is InChI=1S/C25H27N7O2/c1-27-25(33)34-19-10-14-31(15-11-19)16-17-6-8-18(9-7-17)32-23(20-4-2-12-28-22(20)26)30-21-5-3-13-29-24(21)32/h2-9,12-13,19H,10-11,14-16H2,1H3,(H2,26,28)(H,27,33)/i1D3,16D2. The molecule has 1 aliphatic heterocycles. The minimum atomic E-state index is -2.62. The summed E-state index contributed by atoms with van der Waals surface area (Å²) in [6, 6.07) is 14.4. The van der Waals surface area contributed by atoms with Crippen molar-refractivity contribution in [2.24, 2.45) is 0 Å².